The molecule has 1 atom stereocenters. The molecular formula is C23H40IN3O4. The highest BCUT2D eigenvalue weighted by atomic mass is 127. The molecule has 0 radical (unpaired) electrons. The van der Waals surface area contributed by atoms with Crippen molar-refractivity contribution >= 4 is 29.9 Å². The third-order valence-electron chi connectivity index (χ3n) is 4.98. The molecule has 1 unspecified atom stereocenters. The highest BCUT2D eigenvalue weighted by molar-refractivity contribution is 14.0. The smallest absolute Gasteiger partial charge is 0.193 e. The summed E-state index contributed by atoms with van der Waals surface area (Å²) in [4.78, 5) is 7.21. The largest absolute Gasteiger partial charge is 0.490 e. The fourth-order valence-corrected chi connectivity index (χ4v) is 3.52. The van der Waals surface area contributed by atoms with Crippen molar-refractivity contribution in [3.05, 3.63) is 23.8 Å². The van der Waals surface area contributed by atoms with Crippen LogP contribution in [0.2, 0.25) is 0 Å². The first-order valence-electron chi connectivity index (χ1n) is 11.2. The minimum absolute atomic E-state index is 0. The third-order valence-corrected chi connectivity index (χ3v) is 4.98. The summed E-state index contributed by atoms with van der Waals surface area (Å²) in [7, 11) is 1.70. The molecule has 0 aliphatic carbocycles. The van der Waals surface area contributed by atoms with Crippen LogP contribution in [-0.4, -0.2) is 77.2 Å². The van der Waals surface area contributed by atoms with Crippen LogP contribution in [-0.2, 0) is 15.9 Å². The van der Waals surface area contributed by atoms with Gasteiger partial charge in [-0.15, -0.1) is 24.0 Å². The summed E-state index contributed by atoms with van der Waals surface area (Å²) in [6.45, 7) is 13.0. The van der Waals surface area contributed by atoms with Crippen molar-refractivity contribution in [3.63, 3.8) is 0 Å². The molecule has 0 spiro atoms. The summed E-state index contributed by atoms with van der Waals surface area (Å²) < 4.78 is 22.1. The zero-order chi connectivity index (χ0) is 21.6. The topological polar surface area (TPSA) is 64.6 Å². The lowest BCUT2D eigenvalue weighted by atomic mass is 10.1. The maximum absolute atomic E-state index is 5.74. The average molecular weight is 549 g/mol. The Morgan fingerprint density at radius 3 is 2.61 bits per heavy atom. The van der Waals surface area contributed by atoms with Gasteiger partial charge in [0.05, 0.1) is 33.0 Å². The number of ether oxygens (including phenoxy) is 4. The van der Waals surface area contributed by atoms with Gasteiger partial charge >= 0.3 is 0 Å². The molecule has 8 heteroatoms. The molecule has 31 heavy (non-hydrogen) atoms. The standard InChI is InChI=1S/C23H39N3O4.HI/c1-5-24-23(26-13-11-20(17-26)18-28-15-14-27-4)25-12-10-19-8-9-21(29-6-2)22(16-19)30-7-3;/h8-9,16,20H,5-7,10-15,17-18H2,1-4H3,(H,24,25);1H. The van der Waals surface area contributed by atoms with E-state index in [-0.39, 0.29) is 24.0 Å². The van der Waals surface area contributed by atoms with E-state index in [4.69, 9.17) is 23.9 Å². The van der Waals surface area contributed by atoms with Crippen LogP contribution in [0.3, 0.4) is 0 Å². The highest BCUT2D eigenvalue weighted by Gasteiger charge is 2.24. The molecule has 1 heterocycles. The lowest BCUT2D eigenvalue weighted by Gasteiger charge is -2.21. The summed E-state index contributed by atoms with van der Waals surface area (Å²) in [6, 6.07) is 6.16. The van der Waals surface area contributed by atoms with E-state index in [0.717, 1.165) is 63.1 Å². The number of aliphatic imine (C=N–C) groups is 1. The second-order valence-electron chi connectivity index (χ2n) is 7.30. The summed E-state index contributed by atoms with van der Waals surface area (Å²) in [5.74, 6) is 3.15. The number of methoxy groups -OCH3 is 1. The third kappa shape index (κ3) is 9.82. The van der Waals surface area contributed by atoms with Crippen LogP contribution >= 0.6 is 24.0 Å². The molecule has 1 aromatic rings. The van der Waals surface area contributed by atoms with Gasteiger partial charge in [-0.3, -0.25) is 4.99 Å². The van der Waals surface area contributed by atoms with Crippen LogP contribution in [0, 0.1) is 5.92 Å². The summed E-state index contributed by atoms with van der Waals surface area (Å²) in [6.07, 6.45) is 1.99. The Labute approximate surface area is 204 Å². The average Bonchev–Trinajstić information content (AvgIpc) is 3.21. The van der Waals surface area contributed by atoms with Crippen LogP contribution in [0.25, 0.3) is 0 Å². The molecule has 1 aromatic carbocycles. The Balaban J connectivity index is 0.00000480. The molecule has 0 amide bonds. The fourth-order valence-electron chi connectivity index (χ4n) is 3.52. The second kappa shape index (κ2) is 16.4. The van der Waals surface area contributed by atoms with Gasteiger partial charge in [0.15, 0.2) is 17.5 Å². The first kappa shape index (κ1) is 27.8. The number of rotatable bonds is 13. The van der Waals surface area contributed by atoms with Gasteiger partial charge in [0.2, 0.25) is 0 Å². The maximum atomic E-state index is 5.74. The molecule has 0 bridgehead atoms. The number of likely N-dealkylation sites (tertiary alicyclic amines) is 1. The van der Waals surface area contributed by atoms with Crippen LogP contribution in [0.15, 0.2) is 23.2 Å². The number of nitrogens with zero attached hydrogens (tertiary/aromatic N) is 2. The zero-order valence-corrected chi connectivity index (χ0v) is 21.9. The van der Waals surface area contributed by atoms with Gasteiger partial charge in [0.1, 0.15) is 0 Å². The van der Waals surface area contributed by atoms with Crippen molar-refractivity contribution in [2.75, 3.05) is 66.3 Å². The lowest BCUT2D eigenvalue weighted by molar-refractivity contribution is 0.0536. The number of hydrogen-bond donors (Lipinski definition) is 1. The molecule has 2 rings (SSSR count). The second-order valence-corrected chi connectivity index (χ2v) is 7.30. The molecule has 1 aliphatic heterocycles. The van der Waals surface area contributed by atoms with Crippen molar-refractivity contribution < 1.29 is 18.9 Å². The first-order chi connectivity index (χ1) is 14.7. The normalized spacial score (nSPS) is 16.2. The number of halogens is 1. The quantitative estimate of drug-likeness (QED) is 0.176. The Morgan fingerprint density at radius 1 is 1.13 bits per heavy atom. The van der Waals surface area contributed by atoms with Gasteiger partial charge in [-0.25, -0.2) is 0 Å². The van der Waals surface area contributed by atoms with Gasteiger partial charge in [0.25, 0.3) is 0 Å². The van der Waals surface area contributed by atoms with Crippen LogP contribution in [0.4, 0.5) is 0 Å². The Hall–Kier alpha value is -1.26. The SMILES string of the molecule is CCNC(=NCCc1ccc(OCC)c(OCC)c1)N1CCC(COCCOC)C1.I. The van der Waals surface area contributed by atoms with Crippen molar-refractivity contribution in [3.8, 4) is 11.5 Å². The number of nitrogens with one attached hydrogen (secondary N) is 1. The van der Waals surface area contributed by atoms with E-state index in [1.54, 1.807) is 7.11 Å². The molecule has 1 saturated heterocycles. The fraction of sp³-hybridized carbons (Fsp3) is 0.696. The van der Waals surface area contributed by atoms with Gasteiger partial charge < -0.3 is 29.2 Å². The van der Waals surface area contributed by atoms with Crippen LogP contribution < -0.4 is 14.8 Å². The van der Waals surface area contributed by atoms with Crippen molar-refractivity contribution in [1.82, 2.24) is 10.2 Å². The molecular weight excluding hydrogens is 509 g/mol. The Morgan fingerprint density at radius 2 is 1.90 bits per heavy atom. The van der Waals surface area contributed by atoms with Crippen molar-refractivity contribution in [2.45, 2.75) is 33.6 Å². The van der Waals surface area contributed by atoms with Gasteiger partial charge in [-0.1, -0.05) is 6.07 Å². The van der Waals surface area contributed by atoms with Crippen LogP contribution in [0.5, 0.6) is 11.5 Å². The molecule has 178 valence electrons. The highest BCUT2D eigenvalue weighted by Crippen LogP contribution is 2.28. The molecule has 0 saturated carbocycles. The summed E-state index contributed by atoms with van der Waals surface area (Å²) >= 11 is 0. The summed E-state index contributed by atoms with van der Waals surface area (Å²) in [5.41, 5.74) is 1.20. The van der Waals surface area contributed by atoms with Crippen molar-refractivity contribution in [1.29, 1.82) is 0 Å². The molecule has 7 nitrogen and oxygen atoms in total. The predicted molar refractivity (Wildman–Crippen MR) is 136 cm³/mol. The minimum Gasteiger partial charge on any atom is -0.490 e. The summed E-state index contributed by atoms with van der Waals surface area (Å²) in [5, 5.41) is 3.44. The number of guanidine groups is 1. The van der Waals surface area contributed by atoms with E-state index in [1.165, 1.54) is 5.56 Å². The van der Waals surface area contributed by atoms with Gasteiger partial charge in [0, 0.05) is 39.2 Å². The zero-order valence-electron chi connectivity index (χ0n) is 19.5. The molecule has 1 N–H and O–H groups in total. The van der Waals surface area contributed by atoms with E-state index in [9.17, 15) is 0 Å². The van der Waals surface area contributed by atoms with E-state index in [1.807, 2.05) is 19.9 Å². The monoisotopic (exact) mass is 549 g/mol. The van der Waals surface area contributed by atoms with E-state index >= 15 is 0 Å². The van der Waals surface area contributed by atoms with E-state index in [2.05, 4.69) is 29.3 Å². The molecule has 0 aromatic heterocycles. The van der Waals surface area contributed by atoms with E-state index < -0.39 is 0 Å². The van der Waals surface area contributed by atoms with Crippen LogP contribution in [0.1, 0.15) is 32.8 Å². The molecule has 1 aliphatic rings. The Kier molecular flexibility index (Phi) is 14.7. The van der Waals surface area contributed by atoms with E-state index in [0.29, 0.717) is 32.3 Å². The first-order valence-corrected chi connectivity index (χ1v) is 11.2. The maximum Gasteiger partial charge on any atom is 0.193 e. The van der Waals surface area contributed by atoms with Crippen molar-refractivity contribution in [2.24, 2.45) is 10.9 Å². The Bertz CT molecular complexity index is 645. The predicted octanol–water partition coefficient (Wildman–Crippen LogP) is 3.59. The van der Waals surface area contributed by atoms with Gasteiger partial charge in [-0.05, 0) is 51.3 Å². The minimum atomic E-state index is 0. The number of benzene rings is 1. The molecule has 1 fully saturated rings. The number of hydrogen-bond acceptors (Lipinski definition) is 5. The van der Waals surface area contributed by atoms with Gasteiger partial charge in [-0.2, -0.15) is 0 Å². The lowest BCUT2D eigenvalue weighted by Crippen LogP contribution is -2.40.